The molecular formula is C13H16Cl2O2. The Morgan fingerprint density at radius 1 is 1.24 bits per heavy atom. The number of alkyl halides is 2. The monoisotopic (exact) mass is 274 g/mol. The number of unbranched alkanes of at least 4 members (excludes halogenated alkanes) is 1. The Balaban J connectivity index is 2.24. The predicted octanol–water partition coefficient (Wildman–Crippen LogP) is 3.75. The van der Waals surface area contributed by atoms with Crippen molar-refractivity contribution in [2.45, 2.75) is 31.2 Å². The summed E-state index contributed by atoms with van der Waals surface area (Å²) >= 11 is 11.5. The van der Waals surface area contributed by atoms with E-state index in [2.05, 4.69) is 0 Å². The molecule has 0 N–H and O–H groups in total. The molecule has 0 heterocycles. The molecule has 17 heavy (non-hydrogen) atoms. The summed E-state index contributed by atoms with van der Waals surface area (Å²) in [5, 5.41) is -0.568. The molecule has 1 atom stereocenters. The molecule has 1 aromatic rings. The molecule has 1 unspecified atom stereocenters. The first-order valence-electron chi connectivity index (χ1n) is 5.64. The van der Waals surface area contributed by atoms with Crippen molar-refractivity contribution in [2.75, 3.05) is 5.88 Å². The summed E-state index contributed by atoms with van der Waals surface area (Å²) < 4.78 is 5.12. The molecule has 0 aliphatic rings. The minimum absolute atomic E-state index is 0.276. The average molecular weight is 275 g/mol. The summed E-state index contributed by atoms with van der Waals surface area (Å²) in [4.78, 5) is 11.5. The van der Waals surface area contributed by atoms with Gasteiger partial charge in [0.25, 0.3) is 0 Å². The topological polar surface area (TPSA) is 26.3 Å². The van der Waals surface area contributed by atoms with E-state index in [9.17, 15) is 4.79 Å². The molecule has 1 rings (SSSR count). The number of halogens is 2. The minimum Gasteiger partial charge on any atom is -0.460 e. The number of rotatable bonds is 7. The normalized spacial score (nSPS) is 12.1. The Bertz CT molecular complexity index is 327. The van der Waals surface area contributed by atoms with Gasteiger partial charge in [0.05, 0.1) is 0 Å². The average Bonchev–Trinajstić information content (AvgIpc) is 2.37. The van der Waals surface area contributed by atoms with Crippen LogP contribution in [0.5, 0.6) is 0 Å². The number of hydrogen-bond acceptors (Lipinski definition) is 2. The standard InChI is InChI=1S/C13H16Cl2O2/c14-9-5-4-8-12(15)13(16)17-10-11-6-2-1-3-7-11/h1-3,6-7,12H,4-5,8-10H2. The van der Waals surface area contributed by atoms with Gasteiger partial charge in [-0.05, 0) is 18.4 Å². The SMILES string of the molecule is O=C(OCc1ccccc1)C(Cl)CCCCCl. The van der Waals surface area contributed by atoms with E-state index in [1.807, 2.05) is 30.3 Å². The van der Waals surface area contributed by atoms with Crippen LogP contribution in [0.2, 0.25) is 0 Å². The second-order valence-electron chi connectivity index (χ2n) is 3.75. The molecule has 2 nitrogen and oxygen atoms in total. The molecule has 0 bridgehead atoms. The third-order valence-electron chi connectivity index (χ3n) is 2.32. The van der Waals surface area contributed by atoms with Gasteiger partial charge in [-0.2, -0.15) is 0 Å². The number of hydrogen-bond donors (Lipinski definition) is 0. The van der Waals surface area contributed by atoms with Gasteiger partial charge in [-0.3, -0.25) is 4.79 Å². The molecule has 1 aromatic carbocycles. The van der Waals surface area contributed by atoms with Gasteiger partial charge in [-0.25, -0.2) is 0 Å². The van der Waals surface area contributed by atoms with Crippen molar-refractivity contribution < 1.29 is 9.53 Å². The van der Waals surface area contributed by atoms with Gasteiger partial charge in [0.15, 0.2) is 0 Å². The van der Waals surface area contributed by atoms with E-state index in [1.165, 1.54) is 0 Å². The van der Waals surface area contributed by atoms with Crippen LogP contribution in [0.25, 0.3) is 0 Å². The lowest BCUT2D eigenvalue weighted by molar-refractivity contribution is -0.144. The Labute approximate surface area is 112 Å². The fourth-order valence-corrected chi connectivity index (χ4v) is 1.76. The van der Waals surface area contributed by atoms with Crippen LogP contribution < -0.4 is 0 Å². The quantitative estimate of drug-likeness (QED) is 0.430. The highest BCUT2D eigenvalue weighted by Gasteiger charge is 2.16. The Kier molecular flexibility index (Phi) is 7.06. The van der Waals surface area contributed by atoms with Crippen molar-refractivity contribution in [3.8, 4) is 0 Å². The van der Waals surface area contributed by atoms with Crippen molar-refractivity contribution in [3.05, 3.63) is 35.9 Å². The molecule has 0 fully saturated rings. The first-order chi connectivity index (χ1) is 8.24. The summed E-state index contributed by atoms with van der Waals surface area (Å²) in [5.74, 6) is 0.243. The van der Waals surface area contributed by atoms with E-state index in [-0.39, 0.29) is 12.6 Å². The summed E-state index contributed by atoms with van der Waals surface area (Å²) in [5.41, 5.74) is 0.963. The van der Waals surface area contributed by atoms with Crippen molar-refractivity contribution >= 4 is 29.2 Å². The van der Waals surface area contributed by atoms with Crippen molar-refractivity contribution in [1.82, 2.24) is 0 Å². The van der Waals surface area contributed by atoms with Crippen LogP contribution in [0.4, 0.5) is 0 Å². The first kappa shape index (κ1) is 14.3. The zero-order chi connectivity index (χ0) is 12.5. The van der Waals surface area contributed by atoms with E-state index in [1.54, 1.807) is 0 Å². The lowest BCUT2D eigenvalue weighted by atomic mass is 10.2. The lowest BCUT2D eigenvalue weighted by Gasteiger charge is -2.09. The maximum atomic E-state index is 11.5. The maximum absolute atomic E-state index is 11.5. The van der Waals surface area contributed by atoms with Crippen LogP contribution in [0, 0.1) is 0 Å². The highest BCUT2D eigenvalue weighted by Crippen LogP contribution is 2.11. The van der Waals surface area contributed by atoms with E-state index in [0.29, 0.717) is 12.3 Å². The molecule has 0 aliphatic heterocycles. The zero-order valence-electron chi connectivity index (χ0n) is 9.57. The molecular weight excluding hydrogens is 259 g/mol. The van der Waals surface area contributed by atoms with Crippen LogP contribution in [0.3, 0.4) is 0 Å². The van der Waals surface area contributed by atoms with Crippen LogP contribution >= 0.6 is 23.2 Å². The van der Waals surface area contributed by atoms with Crippen LogP contribution in [0.1, 0.15) is 24.8 Å². The molecule has 0 saturated carbocycles. The number of carbonyl (C=O) groups is 1. The predicted molar refractivity (Wildman–Crippen MR) is 70.5 cm³/mol. The second-order valence-corrected chi connectivity index (χ2v) is 4.65. The zero-order valence-corrected chi connectivity index (χ0v) is 11.1. The van der Waals surface area contributed by atoms with Crippen LogP contribution in [-0.4, -0.2) is 17.2 Å². The van der Waals surface area contributed by atoms with E-state index in [4.69, 9.17) is 27.9 Å². The molecule has 0 aliphatic carbocycles. The molecule has 4 heteroatoms. The largest absolute Gasteiger partial charge is 0.460 e. The van der Waals surface area contributed by atoms with Gasteiger partial charge in [-0.1, -0.05) is 36.8 Å². The van der Waals surface area contributed by atoms with Crippen molar-refractivity contribution in [1.29, 1.82) is 0 Å². The molecule has 0 amide bonds. The highest BCUT2D eigenvalue weighted by molar-refractivity contribution is 6.29. The van der Waals surface area contributed by atoms with Gasteiger partial charge in [0.1, 0.15) is 12.0 Å². The fraction of sp³-hybridized carbons (Fsp3) is 0.462. The van der Waals surface area contributed by atoms with Gasteiger partial charge >= 0.3 is 5.97 Å². The molecule has 0 spiro atoms. The Morgan fingerprint density at radius 2 is 1.94 bits per heavy atom. The van der Waals surface area contributed by atoms with E-state index < -0.39 is 5.38 Å². The van der Waals surface area contributed by atoms with Gasteiger partial charge in [0.2, 0.25) is 0 Å². The summed E-state index contributed by atoms with van der Waals surface area (Å²) in [6, 6.07) is 9.54. The summed E-state index contributed by atoms with van der Waals surface area (Å²) in [6.07, 6.45) is 2.33. The third kappa shape index (κ3) is 5.94. The number of benzene rings is 1. The number of carbonyl (C=O) groups excluding carboxylic acids is 1. The number of ether oxygens (including phenoxy) is 1. The van der Waals surface area contributed by atoms with Crippen LogP contribution in [0.15, 0.2) is 30.3 Å². The van der Waals surface area contributed by atoms with Crippen LogP contribution in [-0.2, 0) is 16.1 Å². The smallest absolute Gasteiger partial charge is 0.324 e. The molecule has 94 valence electrons. The van der Waals surface area contributed by atoms with Crippen molar-refractivity contribution in [3.63, 3.8) is 0 Å². The summed E-state index contributed by atoms with van der Waals surface area (Å²) in [6.45, 7) is 0.276. The Morgan fingerprint density at radius 3 is 2.59 bits per heavy atom. The molecule has 0 aromatic heterocycles. The van der Waals surface area contributed by atoms with Gasteiger partial charge in [0, 0.05) is 5.88 Å². The summed E-state index contributed by atoms with van der Waals surface area (Å²) in [7, 11) is 0. The minimum atomic E-state index is -0.568. The fourth-order valence-electron chi connectivity index (χ4n) is 1.36. The first-order valence-corrected chi connectivity index (χ1v) is 6.61. The second kappa shape index (κ2) is 8.37. The molecule has 0 radical (unpaired) electrons. The van der Waals surface area contributed by atoms with Crippen molar-refractivity contribution in [2.24, 2.45) is 0 Å². The Hall–Kier alpha value is -0.730. The number of esters is 1. The van der Waals surface area contributed by atoms with Gasteiger partial charge in [-0.15, -0.1) is 23.2 Å². The lowest BCUT2D eigenvalue weighted by Crippen LogP contribution is -2.17. The van der Waals surface area contributed by atoms with E-state index in [0.717, 1.165) is 18.4 Å². The van der Waals surface area contributed by atoms with E-state index >= 15 is 0 Å². The third-order valence-corrected chi connectivity index (χ3v) is 2.98. The van der Waals surface area contributed by atoms with Gasteiger partial charge < -0.3 is 4.74 Å². The molecule has 0 saturated heterocycles. The highest BCUT2D eigenvalue weighted by atomic mass is 35.5. The maximum Gasteiger partial charge on any atom is 0.324 e.